The van der Waals surface area contributed by atoms with Crippen LogP contribution in [0.25, 0.3) is 0 Å². The number of ether oxygens (including phenoxy) is 1. The maximum atomic E-state index is 10.1. The zero-order chi connectivity index (χ0) is 7.98. The van der Waals surface area contributed by atoms with E-state index >= 15 is 0 Å². The first kappa shape index (κ1) is 9.17. The lowest BCUT2D eigenvalue weighted by Gasteiger charge is -2.08. The molecule has 0 saturated heterocycles. The summed E-state index contributed by atoms with van der Waals surface area (Å²) in [6.45, 7) is 5.78. The molecular formula is C7H12O3. The van der Waals surface area contributed by atoms with Crippen LogP contribution in [0.1, 0.15) is 13.3 Å². The van der Waals surface area contributed by atoms with E-state index < -0.39 is 5.97 Å². The molecule has 0 aliphatic rings. The number of hydrogen-bond acceptors (Lipinski definition) is 2. The minimum Gasteiger partial charge on any atom is -0.481 e. The first-order chi connectivity index (χ1) is 4.70. The molecule has 0 radical (unpaired) electrons. The van der Waals surface area contributed by atoms with Crippen molar-refractivity contribution in [2.45, 2.75) is 19.4 Å². The van der Waals surface area contributed by atoms with Crippen molar-refractivity contribution < 1.29 is 14.6 Å². The van der Waals surface area contributed by atoms with E-state index in [2.05, 4.69) is 6.58 Å². The van der Waals surface area contributed by atoms with Crippen LogP contribution in [0.3, 0.4) is 0 Å². The van der Waals surface area contributed by atoms with E-state index in [9.17, 15) is 4.79 Å². The molecule has 1 atom stereocenters. The molecule has 1 unspecified atom stereocenters. The third-order valence-electron chi connectivity index (χ3n) is 1.02. The van der Waals surface area contributed by atoms with Crippen LogP contribution < -0.4 is 0 Å². The molecule has 58 valence electrons. The molecular weight excluding hydrogens is 132 g/mol. The highest BCUT2D eigenvalue weighted by Gasteiger charge is 2.07. The van der Waals surface area contributed by atoms with Gasteiger partial charge in [-0.3, -0.25) is 4.79 Å². The van der Waals surface area contributed by atoms with Crippen molar-refractivity contribution in [3.05, 3.63) is 12.7 Å². The average Bonchev–Trinajstić information content (AvgIpc) is 1.86. The van der Waals surface area contributed by atoms with Crippen molar-refractivity contribution in [3.63, 3.8) is 0 Å². The molecule has 0 aromatic carbocycles. The van der Waals surface area contributed by atoms with Crippen LogP contribution in [0.2, 0.25) is 0 Å². The SMILES string of the molecule is C=CC(CC(=O)O)OCC. The Hall–Kier alpha value is -0.830. The molecule has 0 rings (SSSR count). The van der Waals surface area contributed by atoms with Gasteiger partial charge < -0.3 is 9.84 Å². The maximum absolute atomic E-state index is 10.1. The molecule has 0 bridgehead atoms. The Morgan fingerprint density at radius 2 is 2.50 bits per heavy atom. The third-order valence-corrected chi connectivity index (χ3v) is 1.02. The van der Waals surface area contributed by atoms with Crippen LogP contribution in [0.5, 0.6) is 0 Å². The average molecular weight is 144 g/mol. The number of aliphatic carboxylic acids is 1. The number of carbonyl (C=O) groups is 1. The predicted octanol–water partition coefficient (Wildman–Crippen LogP) is 1.05. The van der Waals surface area contributed by atoms with Crippen LogP contribution in [-0.2, 0) is 9.53 Å². The Balaban J connectivity index is 3.59. The highest BCUT2D eigenvalue weighted by Crippen LogP contribution is 1.98. The fraction of sp³-hybridized carbons (Fsp3) is 0.571. The Bertz CT molecular complexity index is 120. The second-order valence-corrected chi connectivity index (χ2v) is 1.83. The summed E-state index contributed by atoms with van der Waals surface area (Å²) in [7, 11) is 0. The summed E-state index contributed by atoms with van der Waals surface area (Å²) in [5.41, 5.74) is 0. The molecule has 0 aliphatic heterocycles. The van der Waals surface area contributed by atoms with E-state index in [1.807, 2.05) is 6.92 Å². The molecule has 0 aliphatic carbocycles. The predicted molar refractivity (Wildman–Crippen MR) is 37.9 cm³/mol. The van der Waals surface area contributed by atoms with E-state index in [1.54, 1.807) is 0 Å². The van der Waals surface area contributed by atoms with E-state index in [4.69, 9.17) is 9.84 Å². The fourth-order valence-corrected chi connectivity index (χ4v) is 0.596. The van der Waals surface area contributed by atoms with Crippen molar-refractivity contribution in [2.24, 2.45) is 0 Å². The highest BCUT2D eigenvalue weighted by atomic mass is 16.5. The molecule has 1 N–H and O–H groups in total. The molecule has 0 heterocycles. The van der Waals surface area contributed by atoms with Gasteiger partial charge in [0.15, 0.2) is 0 Å². The first-order valence-corrected chi connectivity index (χ1v) is 3.16. The van der Waals surface area contributed by atoms with E-state index in [-0.39, 0.29) is 12.5 Å². The van der Waals surface area contributed by atoms with Gasteiger partial charge in [0.2, 0.25) is 0 Å². The van der Waals surface area contributed by atoms with Crippen LogP contribution in [0.15, 0.2) is 12.7 Å². The summed E-state index contributed by atoms with van der Waals surface area (Å²) in [6, 6.07) is 0. The van der Waals surface area contributed by atoms with Gasteiger partial charge in [0.05, 0.1) is 12.5 Å². The van der Waals surface area contributed by atoms with Crippen LogP contribution in [0.4, 0.5) is 0 Å². The Labute approximate surface area is 60.3 Å². The minimum atomic E-state index is -0.863. The van der Waals surface area contributed by atoms with Crippen molar-refractivity contribution in [3.8, 4) is 0 Å². The van der Waals surface area contributed by atoms with E-state index in [0.29, 0.717) is 6.61 Å². The van der Waals surface area contributed by atoms with Gasteiger partial charge in [-0.1, -0.05) is 6.08 Å². The van der Waals surface area contributed by atoms with Crippen molar-refractivity contribution in [1.29, 1.82) is 0 Å². The van der Waals surface area contributed by atoms with Gasteiger partial charge in [-0.2, -0.15) is 0 Å². The van der Waals surface area contributed by atoms with Gasteiger partial charge in [-0.25, -0.2) is 0 Å². The maximum Gasteiger partial charge on any atom is 0.306 e. The summed E-state index contributed by atoms with van der Waals surface area (Å²) >= 11 is 0. The van der Waals surface area contributed by atoms with E-state index in [1.165, 1.54) is 6.08 Å². The lowest BCUT2D eigenvalue weighted by molar-refractivity contribution is -0.139. The molecule has 0 aromatic rings. The van der Waals surface area contributed by atoms with E-state index in [0.717, 1.165) is 0 Å². The molecule has 0 spiro atoms. The molecule has 10 heavy (non-hydrogen) atoms. The Kier molecular flexibility index (Phi) is 4.58. The van der Waals surface area contributed by atoms with Gasteiger partial charge in [-0.05, 0) is 6.92 Å². The standard InChI is InChI=1S/C7H12O3/c1-3-6(10-4-2)5-7(8)9/h3,6H,1,4-5H2,2H3,(H,8,9). The summed E-state index contributed by atoms with van der Waals surface area (Å²) in [4.78, 5) is 10.1. The van der Waals surface area contributed by atoms with Crippen molar-refractivity contribution in [2.75, 3.05) is 6.61 Å². The van der Waals surface area contributed by atoms with Crippen molar-refractivity contribution in [1.82, 2.24) is 0 Å². The lowest BCUT2D eigenvalue weighted by Crippen LogP contribution is -2.14. The molecule has 3 heteroatoms. The topological polar surface area (TPSA) is 46.5 Å². The van der Waals surface area contributed by atoms with Crippen molar-refractivity contribution >= 4 is 5.97 Å². The van der Waals surface area contributed by atoms with Crippen LogP contribution in [-0.4, -0.2) is 23.8 Å². The number of rotatable bonds is 5. The van der Waals surface area contributed by atoms with Crippen LogP contribution >= 0.6 is 0 Å². The quantitative estimate of drug-likeness (QED) is 0.587. The summed E-state index contributed by atoms with van der Waals surface area (Å²) in [5, 5.41) is 8.31. The molecule has 0 fully saturated rings. The van der Waals surface area contributed by atoms with Crippen LogP contribution in [0, 0.1) is 0 Å². The molecule has 3 nitrogen and oxygen atoms in total. The first-order valence-electron chi connectivity index (χ1n) is 3.16. The molecule has 0 aromatic heterocycles. The highest BCUT2D eigenvalue weighted by molar-refractivity contribution is 5.67. The smallest absolute Gasteiger partial charge is 0.306 e. The Morgan fingerprint density at radius 3 is 2.80 bits per heavy atom. The molecule has 0 amide bonds. The Morgan fingerprint density at radius 1 is 1.90 bits per heavy atom. The van der Waals surface area contributed by atoms with Gasteiger partial charge in [0, 0.05) is 6.61 Å². The zero-order valence-corrected chi connectivity index (χ0v) is 6.04. The molecule has 0 saturated carbocycles. The minimum absolute atomic E-state index is 0.00264. The number of hydrogen-bond donors (Lipinski definition) is 1. The lowest BCUT2D eigenvalue weighted by atomic mass is 10.2. The number of carboxylic acid groups (broad SMARTS) is 1. The largest absolute Gasteiger partial charge is 0.481 e. The second kappa shape index (κ2) is 4.99. The number of carboxylic acids is 1. The normalized spacial score (nSPS) is 12.5. The van der Waals surface area contributed by atoms with Gasteiger partial charge in [0.25, 0.3) is 0 Å². The van der Waals surface area contributed by atoms with Gasteiger partial charge in [0.1, 0.15) is 0 Å². The second-order valence-electron chi connectivity index (χ2n) is 1.83. The van der Waals surface area contributed by atoms with Gasteiger partial charge in [-0.15, -0.1) is 6.58 Å². The summed E-state index contributed by atoms with van der Waals surface area (Å²) in [6.07, 6.45) is 1.15. The fourth-order valence-electron chi connectivity index (χ4n) is 0.596. The monoisotopic (exact) mass is 144 g/mol. The third kappa shape index (κ3) is 4.09. The summed E-state index contributed by atoms with van der Waals surface area (Å²) < 4.78 is 5.00. The zero-order valence-electron chi connectivity index (χ0n) is 6.04. The summed E-state index contributed by atoms with van der Waals surface area (Å²) in [5.74, 6) is -0.863. The van der Waals surface area contributed by atoms with Gasteiger partial charge >= 0.3 is 5.97 Å².